The van der Waals surface area contributed by atoms with Crippen molar-refractivity contribution in [3.05, 3.63) is 66.0 Å². The van der Waals surface area contributed by atoms with E-state index in [2.05, 4.69) is 21.0 Å². The van der Waals surface area contributed by atoms with E-state index >= 15 is 0 Å². The first kappa shape index (κ1) is 37.4. The lowest BCUT2D eigenvalue weighted by Crippen LogP contribution is -2.65. The Hall–Kier alpha value is -4.03. The summed E-state index contributed by atoms with van der Waals surface area (Å²) in [5.41, 5.74) is 9.52. The van der Waals surface area contributed by atoms with Gasteiger partial charge in [-0.15, -0.1) is 0 Å². The van der Waals surface area contributed by atoms with Crippen LogP contribution in [0, 0.1) is 5.92 Å². The summed E-state index contributed by atoms with van der Waals surface area (Å²) in [4.78, 5) is 56.0. The molecule has 1 aromatic heterocycles. The molecule has 7 N–H and O–H groups in total. The van der Waals surface area contributed by atoms with Crippen LogP contribution in [0.15, 0.2) is 54.7 Å². The first-order chi connectivity index (χ1) is 22.3. The number of carbonyl (C=O) groups excluding carboxylic acids is 3. The van der Waals surface area contributed by atoms with E-state index in [4.69, 9.17) is 5.73 Å². The van der Waals surface area contributed by atoms with Crippen LogP contribution in [-0.2, 0) is 27.2 Å². The van der Waals surface area contributed by atoms with Gasteiger partial charge in [0.05, 0.1) is 18.6 Å². The first-order valence-electron chi connectivity index (χ1n) is 16.6. The van der Waals surface area contributed by atoms with Crippen LogP contribution in [-0.4, -0.2) is 73.8 Å². The van der Waals surface area contributed by atoms with Gasteiger partial charge in [-0.25, -0.2) is 20.0 Å². The molecule has 0 radical (unpaired) electrons. The molecule has 0 bridgehead atoms. The molecule has 0 aliphatic heterocycles. The van der Waals surface area contributed by atoms with Crippen molar-refractivity contribution in [2.24, 2.45) is 11.7 Å². The summed E-state index contributed by atoms with van der Waals surface area (Å²) in [5.74, 6) is -2.76. The maximum atomic E-state index is 14.0. The van der Waals surface area contributed by atoms with Gasteiger partial charge in [0.25, 0.3) is 0 Å². The lowest BCUT2D eigenvalue weighted by atomic mass is 9.83. The number of aliphatic hydroxyl groups is 1. The number of carbonyl (C=O) groups is 4. The van der Waals surface area contributed by atoms with E-state index in [1.807, 2.05) is 69.3 Å². The summed E-state index contributed by atoms with van der Waals surface area (Å²) in [5, 5.41) is 27.9. The normalized spacial score (nSPS) is 16.3. The highest BCUT2D eigenvalue weighted by Gasteiger charge is 2.37. The van der Waals surface area contributed by atoms with E-state index in [9.17, 15) is 29.4 Å². The third-order valence-corrected chi connectivity index (χ3v) is 8.35. The fraction of sp³-hybridized carbons (Fsp3) is 0.571. The number of hydrogen-bond donors (Lipinski definition) is 6. The topological polar surface area (TPSA) is 187 Å². The van der Waals surface area contributed by atoms with Crippen LogP contribution in [0.4, 0.5) is 4.79 Å². The van der Waals surface area contributed by atoms with Gasteiger partial charge in [0.15, 0.2) is 0 Å². The molecule has 1 aliphatic rings. The summed E-state index contributed by atoms with van der Waals surface area (Å²) >= 11 is 0. The van der Waals surface area contributed by atoms with Crippen molar-refractivity contribution in [1.29, 1.82) is 0 Å². The van der Waals surface area contributed by atoms with Crippen LogP contribution in [0.25, 0.3) is 0 Å². The van der Waals surface area contributed by atoms with E-state index in [1.165, 1.54) is 5.01 Å². The van der Waals surface area contributed by atoms with Crippen LogP contribution in [0.2, 0.25) is 0 Å². The zero-order valence-electron chi connectivity index (χ0n) is 27.9. The molecule has 1 heterocycles. The molecule has 1 aromatic carbocycles. The van der Waals surface area contributed by atoms with E-state index in [0.717, 1.165) is 43.4 Å². The van der Waals surface area contributed by atoms with Crippen molar-refractivity contribution in [1.82, 2.24) is 26.1 Å². The molecule has 258 valence electrons. The number of nitrogens with one attached hydrogen (secondary N) is 3. The third-order valence-electron chi connectivity index (χ3n) is 8.35. The molecule has 4 amide bonds. The quantitative estimate of drug-likeness (QED) is 0.140. The number of hydrazine groups is 1. The minimum Gasteiger partial charge on any atom is -0.480 e. The largest absolute Gasteiger partial charge is 0.480 e. The molecule has 47 heavy (non-hydrogen) atoms. The highest BCUT2D eigenvalue weighted by atomic mass is 16.4. The molecular formula is C35H52N6O6. The molecule has 4 atom stereocenters. The van der Waals surface area contributed by atoms with E-state index in [-0.39, 0.29) is 6.42 Å². The van der Waals surface area contributed by atoms with Crippen molar-refractivity contribution >= 4 is 23.8 Å². The zero-order valence-corrected chi connectivity index (χ0v) is 27.9. The minimum atomic E-state index is -1.58. The second-order valence-electron chi connectivity index (χ2n) is 13.6. The number of nitrogens with zero attached hydrogens (tertiary/aromatic N) is 2. The number of aryl methyl sites for hydroxylation is 1. The van der Waals surface area contributed by atoms with Crippen LogP contribution >= 0.6 is 0 Å². The molecule has 12 nitrogen and oxygen atoms in total. The summed E-state index contributed by atoms with van der Waals surface area (Å²) < 4.78 is 0. The smallest absolute Gasteiger partial charge is 0.332 e. The molecule has 12 heteroatoms. The van der Waals surface area contributed by atoms with Gasteiger partial charge in [0.2, 0.25) is 11.8 Å². The number of primary amides is 1. The summed E-state index contributed by atoms with van der Waals surface area (Å²) in [6.45, 7) is 5.44. The van der Waals surface area contributed by atoms with Crippen molar-refractivity contribution in [2.45, 2.75) is 121 Å². The first-order valence-corrected chi connectivity index (χ1v) is 16.6. The molecule has 0 saturated heterocycles. The average Bonchev–Trinajstić information content (AvgIpc) is 3.02. The van der Waals surface area contributed by atoms with Crippen LogP contribution in [0.5, 0.6) is 0 Å². The maximum absolute atomic E-state index is 14.0. The maximum Gasteiger partial charge on any atom is 0.332 e. The number of carboxylic acid groups (broad SMARTS) is 1. The van der Waals surface area contributed by atoms with Crippen molar-refractivity contribution in [2.75, 3.05) is 0 Å². The Labute approximate surface area is 277 Å². The Balaban J connectivity index is 1.97. The number of aliphatic hydroxyl groups excluding tert-OH is 1. The standard InChI is InChI=1S/C35H52N6O6/c1-35(2,3)39-34(47)41(29(22-25-15-8-5-9-16-25)32(44)38-28(33(45)46)23-31(36)43)40-27(21-24-13-6-4-7-14-24)30(42)19-12-18-26-17-10-11-20-37-26/h5,8-11,15-17,20,24,27-30,40,42H,4,6-7,12-14,18-19,21-23H2,1-3H3,(H2,36,43)(H,38,44)(H,39,47)(H,45,46)/t27-,28-,29-,30-/m0/s1. The number of rotatable bonds is 17. The number of aliphatic carboxylic acids is 1. The molecule has 0 unspecified atom stereocenters. The van der Waals surface area contributed by atoms with E-state index < -0.39 is 60.0 Å². The Bertz CT molecular complexity index is 1280. The fourth-order valence-electron chi connectivity index (χ4n) is 5.97. The van der Waals surface area contributed by atoms with Crippen molar-refractivity contribution in [3.8, 4) is 0 Å². The summed E-state index contributed by atoms with van der Waals surface area (Å²) in [7, 11) is 0. The Morgan fingerprint density at radius 1 is 1.02 bits per heavy atom. The molecule has 1 aliphatic carbocycles. The Kier molecular flexibility index (Phi) is 14.6. The molecule has 1 fully saturated rings. The number of carboxylic acids is 1. The minimum absolute atomic E-state index is 0.0338. The Morgan fingerprint density at radius 3 is 2.30 bits per heavy atom. The molecule has 1 saturated carbocycles. The van der Waals surface area contributed by atoms with Gasteiger partial charge in [-0.2, -0.15) is 0 Å². The predicted molar refractivity (Wildman–Crippen MR) is 179 cm³/mol. The van der Waals surface area contributed by atoms with Gasteiger partial charge in [-0.1, -0.05) is 68.5 Å². The number of hydrogen-bond acceptors (Lipinski definition) is 7. The summed E-state index contributed by atoms with van der Waals surface area (Å²) in [6.07, 6.45) is 8.04. The van der Waals surface area contributed by atoms with Gasteiger partial charge in [-0.05, 0) is 70.1 Å². The SMILES string of the molecule is CC(C)(C)NC(=O)N(N[C@@H](CC1CCCCC1)[C@@H](O)CCCc1ccccn1)[C@@H](Cc1ccccc1)C(=O)N[C@@H](CC(N)=O)C(=O)O. The predicted octanol–water partition coefficient (Wildman–Crippen LogP) is 3.48. The lowest BCUT2D eigenvalue weighted by molar-refractivity contribution is -0.144. The number of urea groups is 1. The van der Waals surface area contributed by atoms with Crippen molar-refractivity contribution < 1.29 is 29.4 Å². The molecular weight excluding hydrogens is 600 g/mol. The van der Waals surface area contributed by atoms with E-state index in [0.29, 0.717) is 31.6 Å². The number of benzene rings is 1. The molecule has 0 spiro atoms. The second kappa shape index (κ2) is 18.3. The van der Waals surface area contributed by atoms with Crippen LogP contribution < -0.4 is 21.8 Å². The van der Waals surface area contributed by atoms with Crippen LogP contribution in [0.1, 0.15) is 89.8 Å². The highest BCUT2D eigenvalue weighted by molar-refractivity contribution is 5.92. The van der Waals surface area contributed by atoms with Gasteiger partial charge in [0.1, 0.15) is 12.1 Å². The van der Waals surface area contributed by atoms with Gasteiger partial charge >= 0.3 is 12.0 Å². The highest BCUT2D eigenvalue weighted by Crippen LogP contribution is 2.29. The van der Waals surface area contributed by atoms with Gasteiger partial charge in [0, 0.05) is 23.9 Å². The molecule has 2 aromatic rings. The van der Waals surface area contributed by atoms with Gasteiger partial charge < -0.3 is 26.6 Å². The average molecular weight is 653 g/mol. The fourth-order valence-corrected chi connectivity index (χ4v) is 5.97. The summed E-state index contributed by atoms with van der Waals surface area (Å²) in [6, 6.07) is 10.8. The third kappa shape index (κ3) is 13.3. The van der Waals surface area contributed by atoms with Crippen molar-refractivity contribution in [3.63, 3.8) is 0 Å². The number of amides is 4. The van der Waals surface area contributed by atoms with Gasteiger partial charge in [-0.3, -0.25) is 14.6 Å². The second-order valence-corrected chi connectivity index (χ2v) is 13.6. The zero-order chi connectivity index (χ0) is 34.4. The number of aromatic nitrogens is 1. The number of nitrogens with two attached hydrogens (primary N) is 1. The Morgan fingerprint density at radius 2 is 1.70 bits per heavy atom. The monoisotopic (exact) mass is 652 g/mol. The molecule has 3 rings (SSSR count). The number of pyridine rings is 1. The van der Waals surface area contributed by atoms with Crippen LogP contribution in [0.3, 0.4) is 0 Å². The van der Waals surface area contributed by atoms with E-state index in [1.54, 1.807) is 6.20 Å². The lowest BCUT2D eigenvalue weighted by Gasteiger charge is -2.39.